The summed E-state index contributed by atoms with van der Waals surface area (Å²) in [6.45, 7) is 5.27. The van der Waals surface area contributed by atoms with Gasteiger partial charge >= 0.3 is 6.09 Å². The van der Waals surface area contributed by atoms with E-state index in [0.29, 0.717) is 6.61 Å². The first-order chi connectivity index (χ1) is 13.7. The van der Waals surface area contributed by atoms with Crippen LogP contribution in [0.2, 0.25) is 0 Å². The van der Waals surface area contributed by atoms with Crippen LogP contribution in [0.5, 0.6) is 0 Å². The molecule has 1 amide bonds. The first-order valence-electron chi connectivity index (χ1n) is 10.5. The van der Waals surface area contributed by atoms with Crippen LogP contribution in [0.4, 0.5) is 4.79 Å². The van der Waals surface area contributed by atoms with Crippen LogP contribution >= 0.6 is 0 Å². The summed E-state index contributed by atoms with van der Waals surface area (Å²) in [6, 6.07) is 18.6. The molecular weight excluding hydrogens is 348 g/mol. The van der Waals surface area contributed by atoms with Crippen LogP contribution in [0.15, 0.2) is 48.5 Å². The molecule has 4 nitrogen and oxygen atoms in total. The van der Waals surface area contributed by atoms with Gasteiger partial charge in [-0.1, -0.05) is 48.5 Å². The standard InChI is InChI=1S/C24H30N2O2/c1-18-3-2-14-26(18)15-12-19-4-8-21(9-5-19)22-10-6-20(7-11-22)17-23-13-16-28-24(27)25-23/h4-11,18,23H,2-3,12-17H2,1H3,(H,25,27)/t18-,23+/m1/s1. The molecule has 0 bridgehead atoms. The minimum Gasteiger partial charge on any atom is -0.449 e. The van der Waals surface area contributed by atoms with Crippen molar-refractivity contribution in [2.24, 2.45) is 0 Å². The molecule has 0 saturated carbocycles. The Morgan fingerprint density at radius 2 is 1.68 bits per heavy atom. The van der Waals surface area contributed by atoms with Gasteiger partial charge in [-0.3, -0.25) is 0 Å². The third kappa shape index (κ3) is 4.74. The van der Waals surface area contributed by atoms with Crippen molar-refractivity contribution in [2.75, 3.05) is 19.7 Å². The lowest BCUT2D eigenvalue weighted by molar-refractivity contribution is 0.115. The Kier molecular flexibility index (Phi) is 5.96. The largest absolute Gasteiger partial charge is 0.449 e. The van der Waals surface area contributed by atoms with Crippen LogP contribution in [0.1, 0.15) is 37.3 Å². The second-order valence-electron chi connectivity index (χ2n) is 8.14. The van der Waals surface area contributed by atoms with E-state index in [1.54, 1.807) is 0 Å². The molecule has 0 spiro atoms. The minimum atomic E-state index is -0.299. The third-order valence-electron chi connectivity index (χ3n) is 6.12. The van der Waals surface area contributed by atoms with Crippen LogP contribution in [0.3, 0.4) is 0 Å². The summed E-state index contributed by atoms with van der Waals surface area (Å²) >= 11 is 0. The number of carbonyl (C=O) groups excluding carboxylic acids is 1. The maximum atomic E-state index is 11.3. The molecule has 148 valence electrons. The van der Waals surface area contributed by atoms with E-state index in [1.807, 2.05) is 0 Å². The van der Waals surface area contributed by atoms with Gasteiger partial charge in [-0.2, -0.15) is 0 Å². The molecule has 1 N–H and O–H groups in total. The van der Waals surface area contributed by atoms with E-state index in [2.05, 4.69) is 65.7 Å². The van der Waals surface area contributed by atoms with Gasteiger partial charge in [0.15, 0.2) is 0 Å². The van der Waals surface area contributed by atoms with E-state index in [-0.39, 0.29) is 12.1 Å². The lowest BCUT2D eigenvalue weighted by Gasteiger charge is -2.23. The van der Waals surface area contributed by atoms with Crippen LogP contribution in [0, 0.1) is 0 Å². The second kappa shape index (κ2) is 8.78. The number of benzene rings is 2. The van der Waals surface area contributed by atoms with Gasteiger partial charge in [-0.15, -0.1) is 0 Å². The molecule has 2 aromatic carbocycles. The number of alkyl carbamates (subject to hydrolysis) is 1. The van der Waals surface area contributed by atoms with Gasteiger partial charge in [-0.25, -0.2) is 4.79 Å². The molecule has 2 aromatic rings. The normalized spacial score (nSPS) is 22.7. The van der Waals surface area contributed by atoms with E-state index in [9.17, 15) is 4.79 Å². The zero-order valence-corrected chi connectivity index (χ0v) is 16.7. The fourth-order valence-corrected chi connectivity index (χ4v) is 4.31. The topological polar surface area (TPSA) is 41.6 Å². The zero-order chi connectivity index (χ0) is 19.3. The summed E-state index contributed by atoms with van der Waals surface area (Å²) in [4.78, 5) is 13.9. The lowest BCUT2D eigenvalue weighted by Crippen LogP contribution is -2.42. The van der Waals surface area contributed by atoms with Crippen molar-refractivity contribution in [2.45, 2.75) is 51.1 Å². The molecular formula is C24H30N2O2. The Balaban J connectivity index is 1.33. The summed E-state index contributed by atoms with van der Waals surface area (Å²) in [7, 11) is 0. The summed E-state index contributed by atoms with van der Waals surface area (Å²) in [5, 5.41) is 2.89. The fourth-order valence-electron chi connectivity index (χ4n) is 4.31. The number of nitrogens with one attached hydrogen (secondary N) is 1. The van der Waals surface area contributed by atoms with Crippen molar-refractivity contribution in [1.29, 1.82) is 0 Å². The molecule has 28 heavy (non-hydrogen) atoms. The lowest BCUT2D eigenvalue weighted by atomic mass is 9.98. The number of hydrogen-bond acceptors (Lipinski definition) is 3. The average molecular weight is 379 g/mol. The highest BCUT2D eigenvalue weighted by atomic mass is 16.5. The van der Waals surface area contributed by atoms with Crippen LogP contribution in [-0.2, 0) is 17.6 Å². The number of hydrogen-bond donors (Lipinski definition) is 1. The van der Waals surface area contributed by atoms with Gasteiger partial charge < -0.3 is 15.0 Å². The predicted molar refractivity (Wildman–Crippen MR) is 112 cm³/mol. The Morgan fingerprint density at radius 1 is 1.00 bits per heavy atom. The highest BCUT2D eigenvalue weighted by Crippen LogP contribution is 2.22. The van der Waals surface area contributed by atoms with Crippen molar-refractivity contribution < 1.29 is 9.53 Å². The highest BCUT2D eigenvalue weighted by molar-refractivity contribution is 5.68. The number of cyclic esters (lactones) is 1. The molecule has 2 atom stereocenters. The van der Waals surface area contributed by atoms with Gasteiger partial charge in [0.2, 0.25) is 0 Å². The first-order valence-corrected chi connectivity index (χ1v) is 10.5. The summed E-state index contributed by atoms with van der Waals surface area (Å²) in [5.74, 6) is 0. The average Bonchev–Trinajstić information content (AvgIpc) is 3.12. The molecule has 2 saturated heterocycles. The number of nitrogens with zero attached hydrogens (tertiary/aromatic N) is 1. The number of rotatable bonds is 6. The van der Waals surface area contributed by atoms with E-state index >= 15 is 0 Å². The number of carbonyl (C=O) groups is 1. The van der Waals surface area contributed by atoms with Crippen molar-refractivity contribution in [3.8, 4) is 11.1 Å². The first kappa shape index (κ1) is 19.0. The molecule has 4 heteroatoms. The van der Waals surface area contributed by atoms with E-state index in [4.69, 9.17) is 4.74 Å². The number of likely N-dealkylation sites (tertiary alicyclic amines) is 1. The van der Waals surface area contributed by atoms with Crippen LogP contribution in [0.25, 0.3) is 11.1 Å². The summed E-state index contributed by atoms with van der Waals surface area (Å²) < 4.78 is 4.93. The Morgan fingerprint density at radius 3 is 2.29 bits per heavy atom. The van der Waals surface area contributed by atoms with Gasteiger partial charge in [0, 0.05) is 25.0 Å². The van der Waals surface area contributed by atoms with E-state index in [0.717, 1.165) is 31.8 Å². The molecule has 2 fully saturated rings. The SMILES string of the molecule is C[C@@H]1CCCN1CCc1ccc(-c2ccc(C[C@@H]3CCOC(=O)N3)cc2)cc1. The van der Waals surface area contributed by atoms with Gasteiger partial charge in [0.1, 0.15) is 0 Å². The Hall–Kier alpha value is -2.33. The van der Waals surface area contributed by atoms with Crippen LogP contribution in [-0.4, -0.2) is 42.8 Å². The molecule has 0 unspecified atom stereocenters. The van der Waals surface area contributed by atoms with Crippen molar-refractivity contribution in [3.63, 3.8) is 0 Å². The number of ether oxygens (including phenoxy) is 1. The molecule has 2 aliphatic rings. The minimum absolute atomic E-state index is 0.171. The van der Waals surface area contributed by atoms with Crippen LogP contribution < -0.4 is 5.32 Å². The van der Waals surface area contributed by atoms with E-state index in [1.165, 1.54) is 41.6 Å². The smallest absolute Gasteiger partial charge is 0.407 e. The van der Waals surface area contributed by atoms with Crippen molar-refractivity contribution in [3.05, 3.63) is 59.7 Å². The van der Waals surface area contributed by atoms with E-state index < -0.39 is 0 Å². The second-order valence-corrected chi connectivity index (χ2v) is 8.14. The molecule has 0 radical (unpaired) electrons. The van der Waals surface area contributed by atoms with Crippen molar-refractivity contribution in [1.82, 2.24) is 10.2 Å². The summed E-state index contributed by atoms with van der Waals surface area (Å²) in [6.07, 6.45) is 5.23. The monoisotopic (exact) mass is 378 g/mol. The quantitative estimate of drug-likeness (QED) is 0.809. The van der Waals surface area contributed by atoms with Gasteiger partial charge in [-0.05, 0) is 61.4 Å². The highest BCUT2D eigenvalue weighted by Gasteiger charge is 2.20. The Labute approximate surface area is 167 Å². The molecule has 4 rings (SSSR count). The molecule has 0 aromatic heterocycles. The maximum Gasteiger partial charge on any atom is 0.407 e. The third-order valence-corrected chi connectivity index (χ3v) is 6.12. The zero-order valence-electron chi connectivity index (χ0n) is 16.7. The van der Waals surface area contributed by atoms with Gasteiger partial charge in [0.25, 0.3) is 0 Å². The number of amides is 1. The fraction of sp³-hybridized carbons (Fsp3) is 0.458. The predicted octanol–water partition coefficient (Wildman–Crippen LogP) is 4.42. The van der Waals surface area contributed by atoms with Crippen molar-refractivity contribution >= 4 is 6.09 Å². The molecule has 2 aliphatic heterocycles. The molecule has 0 aliphatic carbocycles. The van der Waals surface area contributed by atoms with Gasteiger partial charge in [0.05, 0.1) is 6.61 Å². The Bertz CT molecular complexity index is 785. The molecule has 2 heterocycles. The summed E-state index contributed by atoms with van der Waals surface area (Å²) in [5.41, 5.74) is 5.14. The maximum absolute atomic E-state index is 11.3.